The molecule has 2 aromatic rings. The maximum atomic E-state index is 14.0. The molecule has 3 saturated heterocycles. The number of nitrogens with two attached hydrogens (primary N) is 1. The summed E-state index contributed by atoms with van der Waals surface area (Å²) in [5.41, 5.74) is 6.72. The van der Waals surface area contributed by atoms with Crippen LogP contribution in [-0.2, 0) is 4.79 Å². The van der Waals surface area contributed by atoms with Gasteiger partial charge in [0.25, 0.3) is 5.91 Å². The Morgan fingerprint density at radius 1 is 1.07 bits per heavy atom. The predicted octanol–water partition coefficient (Wildman–Crippen LogP) is 2.73. The second-order valence-electron chi connectivity index (χ2n) is 12.7. The van der Waals surface area contributed by atoms with Crippen molar-refractivity contribution in [2.24, 2.45) is 5.41 Å². The Kier molecular flexibility index (Phi) is 7.45. The van der Waals surface area contributed by atoms with Crippen molar-refractivity contribution >= 4 is 23.3 Å². The van der Waals surface area contributed by atoms with Crippen molar-refractivity contribution in [2.45, 2.75) is 95.2 Å². The molecule has 0 bridgehead atoms. The molecule has 2 unspecified atom stereocenters. The highest BCUT2D eigenvalue weighted by Gasteiger charge is 2.51. The van der Waals surface area contributed by atoms with Crippen LogP contribution in [0.1, 0.15) is 87.9 Å². The summed E-state index contributed by atoms with van der Waals surface area (Å²) in [5, 5.41) is 11.5. The molecular formula is C29H43FN8O2. The lowest BCUT2D eigenvalue weighted by molar-refractivity contribution is -0.145. The molecule has 0 aromatic carbocycles. The summed E-state index contributed by atoms with van der Waals surface area (Å²) in [6.07, 6.45) is 14.7. The molecule has 4 fully saturated rings. The SMILES string of the molecule is CC(=O)N1CC2(CCN(C3CCNC4(CCCCCCCC4)C3NC(=O)c3c(N)nn4cc(F)cnc34)CC2)C1. The number of halogens is 1. The number of likely N-dealkylation sites (tertiary alicyclic amines) is 2. The number of nitrogens with one attached hydrogen (secondary N) is 2. The Hall–Kier alpha value is -2.79. The Bertz CT molecular complexity index is 1240. The molecule has 4 N–H and O–H groups in total. The summed E-state index contributed by atoms with van der Waals surface area (Å²) in [6.45, 7) is 6.26. The third-order valence-electron chi connectivity index (χ3n) is 10.2. The van der Waals surface area contributed by atoms with E-state index in [4.69, 9.17) is 5.73 Å². The highest BCUT2D eigenvalue weighted by molar-refractivity contribution is 6.04. The largest absolute Gasteiger partial charge is 0.381 e. The average Bonchev–Trinajstić information content (AvgIpc) is 3.29. The van der Waals surface area contributed by atoms with Gasteiger partial charge in [0, 0.05) is 37.0 Å². The van der Waals surface area contributed by atoms with Crippen LogP contribution in [0.2, 0.25) is 0 Å². The van der Waals surface area contributed by atoms with Crippen molar-refractivity contribution in [1.29, 1.82) is 0 Å². The van der Waals surface area contributed by atoms with E-state index in [9.17, 15) is 14.0 Å². The monoisotopic (exact) mass is 554 g/mol. The predicted molar refractivity (Wildman–Crippen MR) is 150 cm³/mol. The zero-order valence-electron chi connectivity index (χ0n) is 23.6. The van der Waals surface area contributed by atoms with E-state index in [1.54, 1.807) is 6.92 Å². The summed E-state index contributed by atoms with van der Waals surface area (Å²) >= 11 is 0. The molecule has 2 aromatic heterocycles. The van der Waals surface area contributed by atoms with Gasteiger partial charge in [-0.05, 0) is 51.7 Å². The van der Waals surface area contributed by atoms with Gasteiger partial charge in [-0.2, -0.15) is 0 Å². The number of nitrogens with zero attached hydrogens (tertiary/aromatic N) is 5. The summed E-state index contributed by atoms with van der Waals surface area (Å²) in [7, 11) is 0. The normalized spacial score (nSPS) is 27.1. The van der Waals surface area contributed by atoms with Gasteiger partial charge in [0.1, 0.15) is 5.56 Å². The molecule has 1 saturated carbocycles. The van der Waals surface area contributed by atoms with E-state index >= 15 is 0 Å². The second-order valence-corrected chi connectivity index (χ2v) is 12.7. The van der Waals surface area contributed by atoms with Crippen molar-refractivity contribution in [1.82, 2.24) is 35.0 Å². The van der Waals surface area contributed by atoms with E-state index in [0.717, 1.165) is 83.9 Å². The van der Waals surface area contributed by atoms with Gasteiger partial charge >= 0.3 is 0 Å². The molecule has 5 heterocycles. The number of piperidine rings is 2. The molecule has 4 aliphatic rings. The minimum Gasteiger partial charge on any atom is -0.381 e. The zero-order valence-corrected chi connectivity index (χ0v) is 23.6. The van der Waals surface area contributed by atoms with Gasteiger partial charge in [-0.15, -0.1) is 5.10 Å². The van der Waals surface area contributed by atoms with Crippen LogP contribution in [0.3, 0.4) is 0 Å². The molecule has 218 valence electrons. The van der Waals surface area contributed by atoms with E-state index in [1.807, 2.05) is 4.90 Å². The number of fused-ring (bicyclic) bond motifs is 1. The Labute approximate surface area is 235 Å². The van der Waals surface area contributed by atoms with Crippen LogP contribution >= 0.6 is 0 Å². The van der Waals surface area contributed by atoms with Gasteiger partial charge in [0.2, 0.25) is 5.91 Å². The third kappa shape index (κ3) is 5.06. The number of amides is 2. The summed E-state index contributed by atoms with van der Waals surface area (Å²) in [4.78, 5) is 34.5. The molecule has 2 spiro atoms. The number of anilines is 1. The lowest BCUT2D eigenvalue weighted by atomic mass is 9.70. The Balaban J connectivity index is 1.27. The van der Waals surface area contributed by atoms with Gasteiger partial charge in [-0.25, -0.2) is 13.9 Å². The van der Waals surface area contributed by atoms with E-state index in [-0.39, 0.29) is 51.9 Å². The maximum absolute atomic E-state index is 14.0. The van der Waals surface area contributed by atoms with Crippen LogP contribution in [0.25, 0.3) is 5.65 Å². The molecule has 10 nitrogen and oxygen atoms in total. The average molecular weight is 555 g/mol. The van der Waals surface area contributed by atoms with Gasteiger partial charge in [0.05, 0.1) is 18.4 Å². The number of hydrogen-bond acceptors (Lipinski definition) is 7. The van der Waals surface area contributed by atoms with E-state index < -0.39 is 5.82 Å². The number of carbonyl (C=O) groups excluding carboxylic acids is 2. The van der Waals surface area contributed by atoms with Crippen molar-refractivity contribution in [3.05, 3.63) is 23.8 Å². The first kappa shape index (κ1) is 27.4. The smallest absolute Gasteiger partial charge is 0.259 e. The van der Waals surface area contributed by atoms with Crippen molar-refractivity contribution in [3.63, 3.8) is 0 Å². The minimum atomic E-state index is -0.538. The standard InChI is InChI=1S/C29H43FN8O2/c1-20(39)37-18-28(19-37)11-14-36(15-12-28)22-8-13-33-29(9-6-4-2-3-5-7-10-29)24(22)34-27(40)23-25(31)35-38-17-21(30)16-32-26(23)38/h16-17,22,24,33H,2-15,18-19H2,1H3,(H2,31,35)(H,34,40). The van der Waals surface area contributed by atoms with E-state index in [2.05, 4.69) is 25.6 Å². The number of nitrogen functional groups attached to an aromatic ring is 1. The van der Waals surface area contributed by atoms with Crippen molar-refractivity contribution in [2.75, 3.05) is 38.5 Å². The molecule has 2 atom stereocenters. The van der Waals surface area contributed by atoms with Gasteiger partial charge in [-0.1, -0.05) is 38.5 Å². The van der Waals surface area contributed by atoms with Crippen LogP contribution < -0.4 is 16.4 Å². The van der Waals surface area contributed by atoms with E-state index in [1.165, 1.54) is 36.4 Å². The number of carbonyl (C=O) groups is 2. The number of aromatic nitrogens is 3. The molecule has 6 rings (SSSR count). The van der Waals surface area contributed by atoms with Crippen LogP contribution in [0, 0.1) is 11.2 Å². The molecular weight excluding hydrogens is 511 g/mol. The van der Waals surface area contributed by atoms with Gasteiger partial charge in [-0.3, -0.25) is 14.5 Å². The van der Waals surface area contributed by atoms with Crippen LogP contribution in [0.4, 0.5) is 10.2 Å². The topological polar surface area (TPSA) is 121 Å². The van der Waals surface area contributed by atoms with Crippen LogP contribution in [0.5, 0.6) is 0 Å². The fraction of sp³-hybridized carbons (Fsp3) is 0.724. The lowest BCUT2D eigenvalue weighted by Crippen LogP contribution is -2.73. The zero-order chi connectivity index (χ0) is 27.9. The van der Waals surface area contributed by atoms with Crippen LogP contribution in [-0.4, -0.2) is 86.6 Å². The summed E-state index contributed by atoms with van der Waals surface area (Å²) in [5.74, 6) is -0.613. The molecule has 3 aliphatic heterocycles. The lowest BCUT2D eigenvalue weighted by Gasteiger charge is -2.57. The highest BCUT2D eigenvalue weighted by Crippen LogP contribution is 2.43. The fourth-order valence-corrected chi connectivity index (χ4v) is 7.94. The first-order chi connectivity index (χ1) is 19.3. The molecule has 40 heavy (non-hydrogen) atoms. The Morgan fingerprint density at radius 2 is 1.75 bits per heavy atom. The molecule has 2 amide bonds. The summed E-state index contributed by atoms with van der Waals surface area (Å²) in [6, 6.07) is 0.0894. The molecule has 0 radical (unpaired) electrons. The number of hydrogen-bond donors (Lipinski definition) is 3. The van der Waals surface area contributed by atoms with E-state index in [0.29, 0.717) is 0 Å². The third-order valence-corrected chi connectivity index (χ3v) is 10.2. The first-order valence-corrected chi connectivity index (χ1v) is 15.1. The Morgan fingerprint density at radius 3 is 2.42 bits per heavy atom. The fourth-order valence-electron chi connectivity index (χ4n) is 7.94. The minimum absolute atomic E-state index is 0.0550. The maximum Gasteiger partial charge on any atom is 0.259 e. The van der Waals surface area contributed by atoms with Gasteiger partial charge in [0.15, 0.2) is 17.3 Å². The summed E-state index contributed by atoms with van der Waals surface area (Å²) < 4.78 is 15.0. The number of rotatable bonds is 3. The molecule has 11 heteroatoms. The highest BCUT2D eigenvalue weighted by atomic mass is 19.1. The second kappa shape index (κ2) is 10.9. The molecule has 1 aliphatic carbocycles. The van der Waals surface area contributed by atoms with Crippen molar-refractivity contribution < 1.29 is 14.0 Å². The van der Waals surface area contributed by atoms with Crippen molar-refractivity contribution in [3.8, 4) is 0 Å². The quantitative estimate of drug-likeness (QED) is 0.534. The van der Waals surface area contributed by atoms with Crippen LogP contribution in [0.15, 0.2) is 12.4 Å². The van der Waals surface area contributed by atoms with Gasteiger partial charge < -0.3 is 21.3 Å². The first-order valence-electron chi connectivity index (χ1n) is 15.1.